The number of benzene rings is 2. The number of fused-ring (bicyclic) bond motifs is 1. The highest BCUT2D eigenvalue weighted by atomic mass is 16.5. The summed E-state index contributed by atoms with van der Waals surface area (Å²) in [7, 11) is 3.13. The van der Waals surface area contributed by atoms with E-state index in [1.165, 1.54) is 0 Å². The molecule has 0 fully saturated rings. The Bertz CT molecular complexity index is 700. The van der Waals surface area contributed by atoms with Crippen LogP contribution in [0.15, 0.2) is 35.9 Å². The van der Waals surface area contributed by atoms with Gasteiger partial charge in [0.15, 0.2) is 0 Å². The van der Waals surface area contributed by atoms with Crippen LogP contribution in [-0.2, 0) is 0 Å². The monoisotopic (exact) mass is 302 g/mol. The van der Waals surface area contributed by atoms with Crippen molar-refractivity contribution >= 4 is 10.8 Å². The van der Waals surface area contributed by atoms with Crippen molar-refractivity contribution in [1.82, 2.24) is 0 Å². The Morgan fingerprint density at radius 2 is 1.77 bits per heavy atom. The molecule has 0 heterocycles. The van der Waals surface area contributed by atoms with Gasteiger partial charge in [-0.2, -0.15) is 0 Å². The van der Waals surface area contributed by atoms with Crippen LogP contribution in [0.25, 0.3) is 10.8 Å². The number of hydrogen-bond donors (Lipinski definition) is 2. The number of ether oxygens (including phenoxy) is 2. The SMILES string of the molecule is COc1ccc(OC)c2c(O)cc(C(O)CC=C(C)C)cc12. The number of aromatic hydroxyl groups is 1. The summed E-state index contributed by atoms with van der Waals surface area (Å²) < 4.78 is 10.7. The van der Waals surface area contributed by atoms with E-state index >= 15 is 0 Å². The predicted octanol–water partition coefficient (Wildman–Crippen LogP) is 3.95. The molecule has 1 atom stereocenters. The minimum atomic E-state index is -0.680. The van der Waals surface area contributed by atoms with Crippen LogP contribution in [-0.4, -0.2) is 24.4 Å². The number of aliphatic hydroxyl groups is 1. The fourth-order valence-corrected chi connectivity index (χ4v) is 2.45. The average Bonchev–Trinajstić information content (AvgIpc) is 2.51. The number of aliphatic hydroxyl groups excluding tert-OH is 1. The number of rotatable bonds is 5. The lowest BCUT2D eigenvalue weighted by atomic mass is 9.99. The number of phenolic OH excluding ortho intramolecular Hbond substituents is 1. The molecule has 0 aliphatic rings. The van der Waals surface area contributed by atoms with Crippen LogP contribution in [0, 0.1) is 0 Å². The van der Waals surface area contributed by atoms with Gasteiger partial charge in [-0.15, -0.1) is 0 Å². The standard InChI is InChI=1S/C18H22O4/c1-11(2)5-6-14(19)12-9-13-16(21-3)7-8-17(22-4)18(13)15(20)10-12/h5,7-10,14,19-20H,6H2,1-4H3. The highest BCUT2D eigenvalue weighted by Crippen LogP contribution is 2.40. The average molecular weight is 302 g/mol. The first kappa shape index (κ1) is 16.2. The molecule has 0 radical (unpaired) electrons. The molecule has 0 bridgehead atoms. The van der Waals surface area contributed by atoms with Gasteiger partial charge in [-0.05, 0) is 50.1 Å². The first-order valence-corrected chi connectivity index (χ1v) is 7.17. The number of phenols is 1. The van der Waals surface area contributed by atoms with Crippen molar-refractivity contribution in [3.05, 3.63) is 41.5 Å². The Kier molecular flexibility index (Phi) is 4.93. The van der Waals surface area contributed by atoms with Crippen molar-refractivity contribution in [2.75, 3.05) is 14.2 Å². The molecule has 0 aliphatic heterocycles. The maximum absolute atomic E-state index is 10.3. The Hall–Kier alpha value is -2.20. The largest absolute Gasteiger partial charge is 0.507 e. The van der Waals surface area contributed by atoms with Crippen molar-refractivity contribution in [3.63, 3.8) is 0 Å². The topological polar surface area (TPSA) is 58.9 Å². The summed E-state index contributed by atoms with van der Waals surface area (Å²) in [6.07, 6.45) is 1.79. The van der Waals surface area contributed by atoms with Gasteiger partial charge >= 0.3 is 0 Å². The molecule has 4 heteroatoms. The van der Waals surface area contributed by atoms with Crippen LogP contribution >= 0.6 is 0 Å². The lowest BCUT2D eigenvalue weighted by Gasteiger charge is -2.15. The minimum Gasteiger partial charge on any atom is -0.507 e. The molecule has 0 aliphatic carbocycles. The van der Waals surface area contributed by atoms with E-state index in [0.717, 1.165) is 5.57 Å². The van der Waals surface area contributed by atoms with Crippen LogP contribution < -0.4 is 9.47 Å². The predicted molar refractivity (Wildman–Crippen MR) is 87.7 cm³/mol. The molecule has 2 N–H and O–H groups in total. The van der Waals surface area contributed by atoms with Crippen molar-refractivity contribution in [1.29, 1.82) is 0 Å². The Morgan fingerprint density at radius 3 is 2.36 bits per heavy atom. The van der Waals surface area contributed by atoms with E-state index in [1.54, 1.807) is 32.4 Å². The van der Waals surface area contributed by atoms with Crippen molar-refractivity contribution in [2.24, 2.45) is 0 Å². The van der Waals surface area contributed by atoms with E-state index in [9.17, 15) is 10.2 Å². The molecule has 1 unspecified atom stereocenters. The lowest BCUT2D eigenvalue weighted by molar-refractivity contribution is 0.181. The van der Waals surface area contributed by atoms with Gasteiger partial charge < -0.3 is 19.7 Å². The normalized spacial score (nSPS) is 12.0. The number of methoxy groups -OCH3 is 2. The van der Waals surface area contributed by atoms with Gasteiger partial charge in [0.1, 0.15) is 17.2 Å². The van der Waals surface area contributed by atoms with E-state index in [2.05, 4.69) is 0 Å². The zero-order valence-electron chi connectivity index (χ0n) is 13.4. The first-order chi connectivity index (χ1) is 10.5. The summed E-state index contributed by atoms with van der Waals surface area (Å²) in [5.74, 6) is 1.26. The fourth-order valence-electron chi connectivity index (χ4n) is 2.45. The smallest absolute Gasteiger partial charge is 0.130 e. The van der Waals surface area contributed by atoms with Crippen LogP contribution in [0.5, 0.6) is 17.2 Å². The summed E-state index contributed by atoms with van der Waals surface area (Å²) >= 11 is 0. The molecular weight excluding hydrogens is 280 g/mol. The highest BCUT2D eigenvalue weighted by molar-refractivity contribution is 5.98. The molecule has 118 valence electrons. The molecule has 22 heavy (non-hydrogen) atoms. The summed E-state index contributed by atoms with van der Waals surface area (Å²) in [5, 5.41) is 22.0. The van der Waals surface area contributed by atoms with Gasteiger partial charge in [0, 0.05) is 5.39 Å². The van der Waals surface area contributed by atoms with Gasteiger partial charge in [0.2, 0.25) is 0 Å². The van der Waals surface area contributed by atoms with Gasteiger partial charge in [0.25, 0.3) is 0 Å². The second kappa shape index (κ2) is 6.71. The van der Waals surface area contributed by atoms with Crippen LogP contribution in [0.4, 0.5) is 0 Å². The van der Waals surface area contributed by atoms with Crippen molar-refractivity contribution < 1.29 is 19.7 Å². The molecule has 0 spiro atoms. The van der Waals surface area contributed by atoms with E-state index in [-0.39, 0.29) is 5.75 Å². The Balaban J connectivity index is 2.58. The van der Waals surface area contributed by atoms with Crippen LogP contribution in [0.1, 0.15) is 31.9 Å². The second-order valence-corrected chi connectivity index (χ2v) is 5.47. The summed E-state index contributed by atoms with van der Waals surface area (Å²) in [6.45, 7) is 3.97. The summed E-state index contributed by atoms with van der Waals surface area (Å²) in [5.41, 5.74) is 1.79. The van der Waals surface area contributed by atoms with Crippen LogP contribution in [0.2, 0.25) is 0 Å². The molecule has 2 aromatic carbocycles. The summed E-state index contributed by atoms with van der Waals surface area (Å²) in [4.78, 5) is 0. The first-order valence-electron chi connectivity index (χ1n) is 7.17. The summed E-state index contributed by atoms with van der Waals surface area (Å²) in [6, 6.07) is 6.95. The Labute approximate surface area is 130 Å². The number of hydrogen-bond acceptors (Lipinski definition) is 4. The molecule has 2 aromatic rings. The quantitative estimate of drug-likeness (QED) is 0.821. The van der Waals surface area contributed by atoms with Crippen molar-refractivity contribution in [3.8, 4) is 17.2 Å². The third kappa shape index (κ3) is 3.17. The molecular formula is C18H22O4. The van der Waals surface area contributed by atoms with Gasteiger partial charge in [-0.25, -0.2) is 0 Å². The zero-order chi connectivity index (χ0) is 16.3. The van der Waals surface area contributed by atoms with Gasteiger partial charge in [-0.1, -0.05) is 11.6 Å². The number of allylic oxidation sites excluding steroid dienone is 1. The maximum Gasteiger partial charge on any atom is 0.130 e. The van der Waals surface area contributed by atoms with Crippen molar-refractivity contribution in [2.45, 2.75) is 26.4 Å². The van der Waals surface area contributed by atoms with E-state index in [0.29, 0.717) is 34.3 Å². The van der Waals surface area contributed by atoms with Crippen LogP contribution in [0.3, 0.4) is 0 Å². The third-order valence-electron chi connectivity index (χ3n) is 3.61. The molecule has 4 nitrogen and oxygen atoms in total. The molecule has 2 rings (SSSR count). The second-order valence-electron chi connectivity index (χ2n) is 5.47. The van der Waals surface area contributed by atoms with E-state index < -0.39 is 6.10 Å². The van der Waals surface area contributed by atoms with Gasteiger partial charge in [-0.3, -0.25) is 0 Å². The van der Waals surface area contributed by atoms with Gasteiger partial charge in [0.05, 0.1) is 25.7 Å². The lowest BCUT2D eigenvalue weighted by Crippen LogP contribution is -1.98. The van der Waals surface area contributed by atoms with E-state index in [4.69, 9.17) is 9.47 Å². The highest BCUT2D eigenvalue weighted by Gasteiger charge is 2.16. The maximum atomic E-state index is 10.3. The zero-order valence-corrected chi connectivity index (χ0v) is 13.4. The molecule has 0 saturated heterocycles. The minimum absolute atomic E-state index is 0.0690. The fraction of sp³-hybridized carbons (Fsp3) is 0.333. The molecule has 0 amide bonds. The van der Waals surface area contributed by atoms with E-state index in [1.807, 2.05) is 26.0 Å². The molecule has 0 aromatic heterocycles. The third-order valence-corrected chi connectivity index (χ3v) is 3.61. The Morgan fingerprint density at radius 1 is 1.14 bits per heavy atom. The molecule has 0 saturated carbocycles.